The predicted molar refractivity (Wildman–Crippen MR) is 76.0 cm³/mol. The largest absolute Gasteiger partial charge is 0.348 e. The predicted octanol–water partition coefficient (Wildman–Crippen LogP) is 1.80. The number of imidazole rings is 1. The Morgan fingerprint density at radius 3 is 2.76 bits per heavy atom. The summed E-state index contributed by atoms with van der Waals surface area (Å²) in [7, 11) is 1.99. The van der Waals surface area contributed by atoms with Crippen molar-refractivity contribution in [2.24, 2.45) is 0 Å². The van der Waals surface area contributed by atoms with Crippen LogP contribution < -0.4 is 0 Å². The third kappa shape index (κ3) is 3.14. The summed E-state index contributed by atoms with van der Waals surface area (Å²) < 4.78 is 5.29. The lowest BCUT2D eigenvalue weighted by atomic mass is 10.2. The number of aryl methyl sites for hydroxylation is 1. The van der Waals surface area contributed by atoms with Crippen molar-refractivity contribution in [1.29, 1.82) is 0 Å². The average Bonchev–Trinajstić information content (AvgIpc) is 3.10. The van der Waals surface area contributed by atoms with E-state index in [9.17, 15) is 0 Å². The molecule has 0 aliphatic heterocycles. The molecule has 0 radical (unpaired) electrons. The molecule has 0 fully saturated rings. The fourth-order valence-corrected chi connectivity index (χ4v) is 2.03. The van der Waals surface area contributed by atoms with E-state index in [1.165, 1.54) is 0 Å². The van der Waals surface area contributed by atoms with Gasteiger partial charge in [0.2, 0.25) is 11.7 Å². The van der Waals surface area contributed by atoms with Gasteiger partial charge in [-0.2, -0.15) is 4.98 Å². The molecule has 3 aromatic heterocycles. The third-order valence-electron chi connectivity index (χ3n) is 3.17. The lowest BCUT2D eigenvalue weighted by Gasteiger charge is -2.12. The van der Waals surface area contributed by atoms with Gasteiger partial charge in [-0.05, 0) is 26.1 Å². The van der Waals surface area contributed by atoms with Gasteiger partial charge in [0, 0.05) is 30.2 Å². The van der Waals surface area contributed by atoms with Gasteiger partial charge in [-0.1, -0.05) is 5.16 Å². The Balaban J connectivity index is 1.66. The molecule has 3 rings (SSSR count). The molecule has 7 heteroatoms. The fourth-order valence-electron chi connectivity index (χ4n) is 2.03. The van der Waals surface area contributed by atoms with Crippen LogP contribution in [0.25, 0.3) is 11.4 Å². The van der Waals surface area contributed by atoms with Crippen molar-refractivity contribution in [3.8, 4) is 11.4 Å². The van der Waals surface area contributed by atoms with Crippen LogP contribution in [0.4, 0.5) is 0 Å². The van der Waals surface area contributed by atoms with Crippen LogP contribution in [-0.2, 0) is 13.1 Å². The number of hydrogen-bond acceptors (Lipinski definition) is 6. The van der Waals surface area contributed by atoms with E-state index in [1.807, 2.05) is 26.1 Å². The molecule has 0 bridgehead atoms. The highest BCUT2D eigenvalue weighted by Gasteiger charge is 2.12. The highest BCUT2D eigenvalue weighted by molar-refractivity contribution is 5.52. The zero-order chi connectivity index (χ0) is 14.7. The van der Waals surface area contributed by atoms with E-state index in [4.69, 9.17) is 4.52 Å². The lowest BCUT2D eigenvalue weighted by molar-refractivity contribution is 0.258. The van der Waals surface area contributed by atoms with Crippen molar-refractivity contribution >= 4 is 0 Å². The number of nitrogens with one attached hydrogen (secondary N) is 1. The van der Waals surface area contributed by atoms with Gasteiger partial charge >= 0.3 is 0 Å². The SMILES string of the molecule is Cc1[nH]cnc1CN(C)Cc1nc(-c2ccncc2)no1. The Bertz CT molecular complexity index is 705. The molecule has 0 unspecified atom stereocenters. The standard InChI is InChI=1S/C14H16N6O/c1-10-12(17-9-16-10)7-20(2)8-13-18-14(19-21-13)11-3-5-15-6-4-11/h3-6,9H,7-8H2,1-2H3,(H,16,17). The van der Waals surface area contributed by atoms with Crippen LogP contribution in [0.2, 0.25) is 0 Å². The maximum absolute atomic E-state index is 5.29. The minimum atomic E-state index is 0.574. The summed E-state index contributed by atoms with van der Waals surface area (Å²) >= 11 is 0. The summed E-state index contributed by atoms with van der Waals surface area (Å²) in [6.45, 7) is 3.30. The molecule has 0 atom stereocenters. The van der Waals surface area contributed by atoms with E-state index in [0.717, 1.165) is 23.5 Å². The van der Waals surface area contributed by atoms with Gasteiger partial charge in [0.1, 0.15) is 0 Å². The average molecular weight is 284 g/mol. The number of aromatic nitrogens is 5. The lowest BCUT2D eigenvalue weighted by Crippen LogP contribution is -2.18. The van der Waals surface area contributed by atoms with Crippen molar-refractivity contribution in [3.05, 3.63) is 48.1 Å². The summed E-state index contributed by atoms with van der Waals surface area (Å²) in [6.07, 6.45) is 5.11. The summed E-state index contributed by atoms with van der Waals surface area (Å²) in [4.78, 5) is 17.8. The topological polar surface area (TPSA) is 83.7 Å². The number of hydrogen-bond donors (Lipinski definition) is 1. The molecule has 0 aromatic carbocycles. The van der Waals surface area contributed by atoms with Crippen LogP contribution in [-0.4, -0.2) is 37.0 Å². The highest BCUT2D eigenvalue weighted by atomic mass is 16.5. The minimum absolute atomic E-state index is 0.574. The van der Waals surface area contributed by atoms with Gasteiger partial charge in [0.15, 0.2) is 0 Å². The van der Waals surface area contributed by atoms with E-state index in [2.05, 4.69) is 30.0 Å². The number of aromatic amines is 1. The van der Waals surface area contributed by atoms with Crippen molar-refractivity contribution < 1.29 is 4.52 Å². The molecule has 0 saturated heterocycles. The molecule has 1 N–H and O–H groups in total. The second-order valence-corrected chi connectivity index (χ2v) is 4.89. The Hall–Kier alpha value is -2.54. The molecule has 0 spiro atoms. The maximum Gasteiger partial charge on any atom is 0.241 e. The molecule has 7 nitrogen and oxygen atoms in total. The minimum Gasteiger partial charge on any atom is -0.348 e. The van der Waals surface area contributed by atoms with Crippen molar-refractivity contribution in [3.63, 3.8) is 0 Å². The zero-order valence-electron chi connectivity index (χ0n) is 11.9. The van der Waals surface area contributed by atoms with Gasteiger partial charge in [0.25, 0.3) is 0 Å². The monoisotopic (exact) mass is 284 g/mol. The highest BCUT2D eigenvalue weighted by Crippen LogP contribution is 2.15. The van der Waals surface area contributed by atoms with Gasteiger partial charge in [-0.25, -0.2) is 4.98 Å². The molecule has 0 amide bonds. The summed E-state index contributed by atoms with van der Waals surface area (Å²) in [6, 6.07) is 3.71. The van der Waals surface area contributed by atoms with Crippen LogP contribution in [0.15, 0.2) is 35.4 Å². The Labute approximate surface area is 122 Å². The Morgan fingerprint density at radius 1 is 1.24 bits per heavy atom. The Morgan fingerprint density at radius 2 is 2.05 bits per heavy atom. The van der Waals surface area contributed by atoms with Crippen LogP contribution in [0.3, 0.4) is 0 Å². The van der Waals surface area contributed by atoms with Crippen molar-refractivity contribution in [1.82, 2.24) is 30.0 Å². The van der Waals surface area contributed by atoms with E-state index in [-0.39, 0.29) is 0 Å². The second-order valence-electron chi connectivity index (χ2n) is 4.89. The second kappa shape index (κ2) is 5.84. The summed E-state index contributed by atoms with van der Waals surface area (Å²) in [5.74, 6) is 1.16. The normalized spacial score (nSPS) is 11.2. The first-order valence-corrected chi connectivity index (χ1v) is 6.63. The smallest absolute Gasteiger partial charge is 0.241 e. The summed E-state index contributed by atoms with van der Waals surface area (Å²) in [5, 5.41) is 3.99. The molecule has 21 heavy (non-hydrogen) atoms. The van der Waals surface area contributed by atoms with Gasteiger partial charge < -0.3 is 9.51 Å². The first-order chi connectivity index (χ1) is 10.2. The van der Waals surface area contributed by atoms with Crippen LogP contribution in [0.1, 0.15) is 17.3 Å². The van der Waals surface area contributed by atoms with Crippen LogP contribution in [0, 0.1) is 6.92 Å². The van der Waals surface area contributed by atoms with E-state index < -0.39 is 0 Å². The van der Waals surface area contributed by atoms with Gasteiger partial charge in [0.05, 0.1) is 18.6 Å². The molecule has 3 aromatic rings. The van der Waals surface area contributed by atoms with Crippen LogP contribution >= 0.6 is 0 Å². The Kier molecular flexibility index (Phi) is 3.74. The number of nitrogens with zero attached hydrogens (tertiary/aromatic N) is 5. The maximum atomic E-state index is 5.29. The number of H-pyrrole nitrogens is 1. The van der Waals surface area contributed by atoms with E-state index in [1.54, 1.807) is 18.7 Å². The molecular formula is C14H16N6O. The zero-order valence-corrected chi connectivity index (χ0v) is 11.9. The van der Waals surface area contributed by atoms with Gasteiger partial charge in [-0.15, -0.1) is 0 Å². The van der Waals surface area contributed by atoms with Crippen molar-refractivity contribution in [2.45, 2.75) is 20.0 Å². The quantitative estimate of drug-likeness (QED) is 0.769. The van der Waals surface area contributed by atoms with E-state index in [0.29, 0.717) is 18.3 Å². The molecule has 108 valence electrons. The fraction of sp³-hybridized carbons (Fsp3) is 0.286. The van der Waals surface area contributed by atoms with Crippen molar-refractivity contribution in [2.75, 3.05) is 7.05 Å². The first kappa shape index (κ1) is 13.4. The van der Waals surface area contributed by atoms with Gasteiger partial charge in [-0.3, -0.25) is 9.88 Å². The van der Waals surface area contributed by atoms with E-state index >= 15 is 0 Å². The summed E-state index contributed by atoms with van der Waals surface area (Å²) in [5.41, 5.74) is 2.99. The molecule has 0 saturated carbocycles. The third-order valence-corrected chi connectivity index (χ3v) is 3.17. The van der Waals surface area contributed by atoms with Crippen LogP contribution in [0.5, 0.6) is 0 Å². The number of pyridine rings is 1. The molecule has 0 aliphatic rings. The molecule has 3 heterocycles. The molecular weight excluding hydrogens is 268 g/mol. The number of rotatable bonds is 5. The molecule has 0 aliphatic carbocycles. The first-order valence-electron chi connectivity index (χ1n) is 6.63.